The maximum absolute atomic E-state index is 13.5. The van der Waals surface area contributed by atoms with Crippen LogP contribution in [0.5, 0.6) is 0 Å². The number of aromatic nitrogens is 4. The molecular weight excluding hydrogens is 407 g/mol. The van der Waals surface area contributed by atoms with Gasteiger partial charge in [0.1, 0.15) is 11.9 Å². The van der Waals surface area contributed by atoms with E-state index in [2.05, 4.69) is 40.4 Å². The lowest BCUT2D eigenvalue weighted by Crippen LogP contribution is -2.38. The van der Waals surface area contributed by atoms with E-state index in [1.165, 1.54) is 23.4 Å². The summed E-state index contributed by atoms with van der Waals surface area (Å²) in [6, 6.07) is 6.45. The van der Waals surface area contributed by atoms with E-state index >= 15 is 0 Å². The third-order valence-corrected chi connectivity index (χ3v) is 6.03. The van der Waals surface area contributed by atoms with Crippen molar-refractivity contribution in [3.05, 3.63) is 58.9 Å². The predicted octanol–water partition coefficient (Wildman–Crippen LogP) is 3.76. The van der Waals surface area contributed by atoms with Gasteiger partial charge in [0.25, 0.3) is 0 Å². The molecule has 1 aliphatic rings. The molecule has 1 aromatic carbocycles. The Morgan fingerprint density at radius 3 is 2.59 bits per heavy atom. The largest absolute Gasteiger partial charge is 0.369 e. The summed E-state index contributed by atoms with van der Waals surface area (Å²) < 4.78 is 21.8. The summed E-state index contributed by atoms with van der Waals surface area (Å²) in [5, 5.41) is 4.67. The van der Waals surface area contributed by atoms with Crippen LogP contribution in [-0.2, 0) is 17.8 Å². The summed E-state index contributed by atoms with van der Waals surface area (Å²) in [5.74, 6) is 0.363. The van der Waals surface area contributed by atoms with Crippen LogP contribution in [-0.4, -0.2) is 58.4 Å². The lowest BCUT2D eigenvalue weighted by atomic mass is 10.0. The van der Waals surface area contributed by atoms with Gasteiger partial charge in [0.2, 0.25) is 5.95 Å². The molecule has 1 fully saturated rings. The lowest BCUT2D eigenvalue weighted by molar-refractivity contribution is -0.0348. The van der Waals surface area contributed by atoms with Crippen molar-refractivity contribution in [2.24, 2.45) is 0 Å². The molecule has 170 valence electrons. The summed E-state index contributed by atoms with van der Waals surface area (Å²) >= 11 is 0. The molecule has 1 atom stereocenters. The number of hydrogen-bond donors (Lipinski definition) is 0. The van der Waals surface area contributed by atoms with E-state index in [-0.39, 0.29) is 11.9 Å². The number of hydrogen-bond acceptors (Lipinski definition) is 6. The zero-order valence-corrected chi connectivity index (χ0v) is 19.5. The highest BCUT2D eigenvalue weighted by molar-refractivity contribution is 5.66. The number of rotatable bonds is 6. The topological polar surface area (TPSA) is 59.3 Å². The number of nitrogens with zero attached hydrogens (tertiary/aromatic N) is 6. The van der Waals surface area contributed by atoms with E-state index in [1.807, 2.05) is 25.2 Å². The summed E-state index contributed by atoms with van der Waals surface area (Å²) in [4.78, 5) is 13.6. The van der Waals surface area contributed by atoms with Crippen molar-refractivity contribution in [1.29, 1.82) is 0 Å². The zero-order chi connectivity index (χ0) is 22.8. The summed E-state index contributed by atoms with van der Waals surface area (Å²) in [6.45, 7) is 10.2. The summed E-state index contributed by atoms with van der Waals surface area (Å²) in [7, 11) is 3.84. The van der Waals surface area contributed by atoms with Crippen molar-refractivity contribution >= 4 is 5.95 Å². The van der Waals surface area contributed by atoms with Gasteiger partial charge in [-0.15, -0.1) is 0 Å². The quantitative estimate of drug-likeness (QED) is 0.584. The molecule has 0 aliphatic carbocycles. The zero-order valence-electron chi connectivity index (χ0n) is 19.5. The Morgan fingerprint density at radius 1 is 1.19 bits per heavy atom. The van der Waals surface area contributed by atoms with Gasteiger partial charge in [0.15, 0.2) is 0 Å². The molecule has 0 saturated carbocycles. The SMILES string of the molecule is CCn1nc(C)c(CN2CCO[C@H](c3nc(N(C)C)ncc3-c3ccc(F)cc3)C2)c1C. The number of morpholine rings is 1. The first-order valence-electron chi connectivity index (χ1n) is 11.0. The molecule has 0 amide bonds. The fourth-order valence-electron chi connectivity index (χ4n) is 4.20. The minimum atomic E-state index is -0.264. The molecular formula is C24H31FN6O. The van der Waals surface area contributed by atoms with E-state index in [0.717, 1.165) is 42.1 Å². The molecule has 0 bridgehead atoms. The van der Waals surface area contributed by atoms with Crippen LogP contribution in [0.15, 0.2) is 30.5 Å². The second-order valence-electron chi connectivity index (χ2n) is 8.43. The van der Waals surface area contributed by atoms with Crippen LogP contribution in [0, 0.1) is 19.7 Å². The second-order valence-corrected chi connectivity index (χ2v) is 8.43. The van der Waals surface area contributed by atoms with Crippen LogP contribution in [0.3, 0.4) is 0 Å². The fourth-order valence-corrected chi connectivity index (χ4v) is 4.20. The van der Waals surface area contributed by atoms with Gasteiger partial charge in [-0.05, 0) is 38.5 Å². The Morgan fingerprint density at radius 2 is 1.94 bits per heavy atom. The van der Waals surface area contributed by atoms with Gasteiger partial charge in [-0.3, -0.25) is 9.58 Å². The van der Waals surface area contributed by atoms with Gasteiger partial charge in [-0.25, -0.2) is 14.4 Å². The van der Waals surface area contributed by atoms with Crippen molar-refractivity contribution in [2.45, 2.75) is 40.0 Å². The molecule has 1 aliphatic heterocycles. The summed E-state index contributed by atoms with van der Waals surface area (Å²) in [5.41, 5.74) is 6.16. The molecule has 3 aromatic rings. The first-order chi connectivity index (χ1) is 15.4. The monoisotopic (exact) mass is 438 g/mol. The van der Waals surface area contributed by atoms with Gasteiger partial charge >= 0.3 is 0 Å². The van der Waals surface area contributed by atoms with E-state index in [4.69, 9.17) is 9.72 Å². The van der Waals surface area contributed by atoms with Crippen molar-refractivity contribution in [2.75, 3.05) is 38.7 Å². The average molecular weight is 439 g/mol. The molecule has 0 N–H and O–H groups in total. The Labute approximate surface area is 188 Å². The molecule has 0 radical (unpaired) electrons. The van der Waals surface area contributed by atoms with Crippen LogP contribution in [0.1, 0.15) is 35.7 Å². The predicted molar refractivity (Wildman–Crippen MR) is 123 cm³/mol. The maximum Gasteiger partial charge on any atom is 0.225 e. The molecule has 8 heteroatoms. The minimum absolute atomic E-state index is 0.202. The van der Waals surface area contributed by atoms with Gasteiger partial charge in [-0.1, -0.05) is 12.1 Å². The number of benzene rings is 1. The highest BCUT2D eigenvalue weighted by Crippen LogP contribution is 2.32. The van der Waals surface area contributed by atoms with Crippen LogP contribution < -0.4 is 4.90 Å². The molecule has 0 spiro atoms. The van der Waals surface area contributed by atoms with Gasteiger partial charge in [-0.2, -0.15) is 5.10 Å². The second kappa shape index (κ2) is 9.34. The Hall–Kier alpha value is -2.84. The molecule has 32 heavy (non-hydrogen) atoms. The smallest absolute Gasteiger partial charge is 0.225 e. The van der Waals surface area contributed by atoms with Gasteiger partial charge < -0.3 is 9.64 Å². The third-order valence-electron chi connectivity index (χ3n) is 6.03. The van der Waals surface area contributed by atoms with Crippen molar-refractivity contribution < 1.29 is 9.13 Å². The number of ether oxygens (including phenoxy) is 1. The fraction of sp³-hybridized carbons (Fsp3) is 0.458. The Balaban J connectivity index is 1.64. The number of anilines is 1. The standard InChI is InChI=1S/C24H31FN6O/c1-6-31-17(3)21(16(2)28-31)14-30-11-12-32-22(15-30)23-20(13-26-24(27-23)29(4)5)18-7-9-19(25)10-8-18/h7-10,13,22H,6,11-12,14-15H2,1-5H3/t22-/m0/s1. The molecule has 3 heterocycles. The molecule has 2 aromatic heterocycles. The molecule has 7 nitrogen and oxygen atoms in total. The molecule has 0 unspecified atom stereocenters. The maximum atomic E-state index is 13.5. The number of aryl methyl sites for hydroxylation is 2. The third kappa shape index (κ3) is 4.52. The molecule has 1 saturated heterocycles. The van der Waals surface area contributed by atoms with Crippen molar-refractivity contribution in [1.82, 2.24) is 24.6 Å². The normalized spacial score (nSPS) is 17.0. The van der Waals surface area contributed by atoms with Crippen LogP contribution in [0.2, 0.25) is 0 Å². The van der Waals surface area contributed by atoms with E-state index in [0.29, 0.717) is 19.1 Å². The van der Waals surface area contributed by atoms with Gasteiger partial charge in [0.05, 0.1) is 18.0 Å². The average Bonchev–Trinajstić information content (AvgIpc) is 3.07. The van der Waals surface area contributed by atoms with E-state index in [9.17, 15) is 4.39 Å². The first kappa shape index (κ1) is 22.4. The van der Waals surface area contributed by atoms with E-state index < -0.39 is 0 Å². The van der Waals surface area contributed by atoms with Crippen molar-refractivity contribution in [3.8, 4) is 11.1 Å². The van der Waals surface area contributed by atoms with Crippen molar-refractivity contribution in [3.63, 3.8) is 0 Å². The lowest BCUT2D eigenvalue weighted by Gasteiger charge is -2.33. The molecule has 4 rings (SSSR count). The Bertz CT molecular complexity index is 1080. The minimum Gasteiger partial charge on any atom is -0.369 e. The van der Waals surface area contributed by atoms with E-state index in [1.54, 1.807) is 12.1 Å². The van der Waals surface area contributed by atoms with Crippen LogP contribution >= 0.6 is 0 Å². The van der Waals surface area contributed by atoms with Crippen LogP contribution in [0.4, 0.5) is 10.3 Å². The Kier molecular flexibility index (Phi) is 6.53. The van der Waals surface area contributed by atoms with Gasteiger partial charge in [0, 0.05) is 63.3 Å². The highest BCUT2D eigenvalue weighted by Gasteiger charge is 2.28. The highest BCUT2D eigenvalue weighted by atomic mass is 19.1. The number of halogens is 1. The van der Waals surface area contributed by atoms with Crippen LogP contribution in [0.25, 0.3) is 11.1 Å². The first-order valence-corrected chi connectivity index (χ1v) is 11.0. The summed E-state index contributed by atoms with van der Waals surface area (Å²) in [6.07, 6.45) is 1.61.